The van der Waals surface area contributed by atoms with Crippen molar-refractivity contribution in [1.82, 2.24) is 9.97 Å². The zero-order valence-corrected chi connectivity index (χ0v) is 10.9. The summed E-state index contributed by atoms with van der Waals surface area (Å²) in [5.74, 6) is 0. The molecule has 0 spiro atoms. The molecule has 0 aliphatic heterocycles. The molecule has 0 N–H and O–H groups in total. The predicted octanol–water partition coefficient (Wildman–Crippen LogP) is 2.43. The van der Waals surface area contributed by atoms with E-state index in [9.17, 15) is 0 Å². The van der Waals surface area contributed by atoms with Crippen LogP contribution in [0.25, 0.3) is 0 Å². The first-order valence-electron chi connectivity index (χ1n) is 2.11. The molecule has 1 heterocycles. The molecule has 0 aromatic carbocycles. The summed E-state index contributed by atoms with van der Waals surface area (Å²) in [6.07, 6.45) is 3.67. The Balaban J connectivity index is 0.000000371. The van der Waals surface area contributed by atoms with E-state index in [4.69, 9.17) is 23.2 Å². The Labute approximate surface area is 85.4 Å². The molecular weight excluding hydrogens is 292 g/mol. The maximum absolute atomic E-state index is 5.43. The molecule has 2 nitrogen and oxygen atoms in total. The quantitative estimate of drug-likeness (QED) is 0.417. The van der Waals surface area contributed by atoms with Crippen molar-refractivity contribution in [3.63, 3.8) is 0 Å². The molecule has 10 heavy (non-hydrogen) atoms. The summed E-state index contributed by atoms with van der Waals surface area (Å²) in [6, 6.07) is 0. The van der Waals surface area contributed by atoms with Gasteiger partial charge in [-0.3, -0.25) is 0 Å². The van der Waals surface area contributed by atoms with E-state index in [2.05, 4.69) is 29.9 Å². The first kappa shape index (κ1) is 10.8. The van der Waals surface area contributed by atoms with Crippen molar-refractivity contribution in [3.8, 4) is 0 Å². The third kappa shape index (κ3) is 3.82. The second-order valence-electron chi connectivity index (χ2n) is 1.11. The number of aromatic nitrogens is 2. The van der Waals surface area contributed by atoms with Crippen molar-refractivity contribution >= 4 is 36.8 Å². The van der Waals surface area contributed by atoms with Crippen molar-refractivity contribution in [1.29, 1.82) is 0 Å². The maximum atomic E-state index is 5.43. The third-order valence-corrected chi connectivity index (χ3v) is 1.24. The summed E-state index contributed by atoms with van der Waals surface area (Å²) >= 11 is 15.1. The van der Waals surface area contributed by atoms with E-state index in [0.717, 1.165) is 0 Å². The van der Waals surface area contributed by atoms with Crippen LogP contribution in [0.4, 0.5) is 0 Å². The Morgan fingerprint density at radius 2 is 2.10 bits per heavy atom. The second-order valence-corrected chi connectivity index (χ2v) is 1.87. The Morgan fingerprint density at radius 1 is 1.50 bits per heavy atom. The van der Waals surface area contributed by atoms with Gasteiger partial charge in [0.05, 0.1) is 0 Å². The van der Waals surface area contributed by atoms with Crippen LogP contribution in [0.5, 0.6) is 0 Å². The molecule has 1 aromatic heterocycles. The van der Waals surface area contributed by atoms with Gasteiger partial charge < -0.3 is 9.97 Å². The van der Waals surface area contributed by atoms with E-state index in [1.807, 2.05) is 0 Å². The molecule has 0 bridgehead atoms. The summed E-state index contributed by atoms with van der Waals surface area (Å²) in [6.45, 7) is 0. The number of hydrogen-bond donors (Lipinski definition) is 0. The van der Waals surface area contributed by atoms with E-state index in [0.29, 0.717) is 5.02 Å². The molecule has 0 saturated heterocycles. The minimum atomic E-state index is 0.238. The van der Waals surface area contributed by atoms with Crippen molar-refractivity contribution in [3.05, 3.63) is 22.7 Å². The van der Waals surface area contributed by atoms with Crippen LogP contribution in [-0.4, -0.2) is 9.97 Å². The molecule has 0 atom stereocenters. The number of hydrogen-bond acceptors (Lipinski definition) is 2. The summed E-state index contributed by atoms with van der Waals surface area (Å²) in [7, 11) is 0. The van der Waals surface area contributed by atoms with Gasteiger partial charge in [-0.1, -0.05) is 6.20 Å². The van der Waals surface area contributed by atoms with Crippen LogP contribution < -0.4 is 0 Å². The molecule has 0 aliphatic carbocycles. The van der Waals surface area contributed by atoms with E-state index in [1.165, 1.54) is 22.5 Å². The normalized spacial score (nSPS) is 8.10. The number of halogens is 3. The van der Waals surface area contributed by atoms with Crippen LogP contribution in [0, 0.1) is 6.33 Å². The molecule has 0 radical (unpaired) electrons. The van der Waals surface area contributed by atoms with Crippen molar-refractivity contribution < 1.29 is 16.3 Å². The van der Waals surface area contributed by atoms with Crippen molar-refractivity contribution in [2.75, 3.05) is 0 Å². The van der Waals surface area contributed by atoms with Crippen LogP contribution in [0.1, 0.15) is 0 Å². The standard InChI is InChI=1S/C4HCl2N2.BrH.Zn/c5-3-1-7-2-8-4(3)6;;/h1H;1H;/q-1;;+2/p-1. The van der Waals surface area contributed by atoms with Crippen LogP contribution in [0.15, 0.2) is 6.20 Å². The number of rotatable bonds is 0. The Kier molecular flexibility index (Phi) is 6.97. The monoisotopic (exact) mass is 290 g/mol. The zero-order chi connectivity index (χ0) is 7.98. The molecule has 0 amide bonds. The first-order valence-corrected chi connectivity index (χ1v) is 9.82. The average molecular weight is 293 g/mol. The molecule has 1 rings (SSSR count). The molecule has 0 fully saturated rings. The summed E-state index contributed by atoms with van der Waals surface area (Å²) in [4.78, 5) is 6.97. The fraction of sp³-hybridized carbons (Fsp3) is 0. The second kappa shape index (κ2) is 6.47. The SMILES string of the molecule is Clc1cn[c-]nc1Cl.[Zn+][Br]. The topological polar surface area (TPSA) is 25.8 Å². The van der Waals surface area contributed by atoms with Crippen molar-refractivity contribution in [2.24, 2.45) is 0 Å². The van der Waals surface area contributed by atoms with E-state index in [1.54, 1.807) is 0 Å². The van der Waals surface area contributed by atoms with Gasteiger partial charge in [0.2, 0.25) is 0 Å². The fourth-order valence-electron chi connectivity index (χ4n) is 0.265. The molecule has 0 aliphatic rings. The first-order chi connectivity index (χ1) is 4.80. The van der Waals surface area contributed by atoms with E-state index >= 15 is 0 Å². The van der Waals surface area contributed by atoms with Gasteiger partial charge in [0.1, 0.15) is 0 Å². The molecule has 50 valence electrons. The van der Waals surface area contributed by atoms with E-state index < -0.39 is 0 Å². The van der Waals surface area contributed by atoms with Gasteiger partial charge in [-0.15, -0.1) is 23.2 Å². The third-order valence-electron chi connectivity index (χ3n) is 0.581. The van der Waals surface area contributed by atoms with Gasteiger partial charge in [0.25, 0.3) is 0 Å². The van der Waals surface area contributed by atoms with Crippen LogP contribution >= 0.6 is 36.8 Å². The van der Waals surface area contributed by atoms with Crippen LogP contribution in [0.3, 0.4) is 0 Å². The molecule has 6 heteroatoms. The van der Waals surface area contributed by atoms with Crippen LogP contribution in [-0.2, 0) is 16.3 Å². The Bertz CT molecular complexity index is 177. The van der Waals surface area contributed by atoms with Gasteiger partial charge in [-0.25, -0.2) is 0 Å². The predicted molar refractivity (Wildman–Crippen MR) is 39.8 cm³/mol. The van der Waals surface area contributed by atoms with Gasteiger partial charge in [0, 0.05) is 11.5 Å². The molecule has 0 saturated carbocycles. The van der Waals surface area contributed by atoms with Gasteiger partial charge in [-0.05, 0) is 5.02 Å². The molecular formula is C4HBrCl2N2Zn. The zero-order valence-electron chi connectivity index (χ0n) is 4.81. The van der Waals surface area contributed by atoms with E-state index in [-0.39, 0.29) is 5.15 Å². The minimum absolute atomic E-state index is 0.238. The summed E-state index contributed by atoms with van der Waals surface area (Å²) in [5.41, 5.74) is 0. The van der Waals surface area contributed by atoms with Gasteiger partial charge in [0.15, 0.2) is 0 Å². The Hall–Kier alpha value is 0.763. The van der Waals surface area contributed by atoms with Gasteiger partial charge in [-0.2, -0.15) is 0 Å². The Morgan fingerprint density at radius 3 is 2.40 bits per heavy atom. The molecule has 1 aromatic rings. The molecule has 0 unspecified atom stereocenters. The average Bonchev–Trinajstić information content (AvgIpc) is 2.00. The number of nitrogens with zero attached hydrogens (tertiary/aromatic N) is 2. The van der Waals surface area contributed by atoms with Gasteiger partial charge >= 0.3 is 30.0 Å². The summed E-state index contributed by atoms with van der Waals surface area (Å²) < 4.78 is 0. The van der Waals surface area contributed by atoms with Crippen LogP contribution in [0.2, 0.25) is 10.2 Å². The van der Waals surface area contributed by atoms with Crippen molar-refractivity contribution in [2.45, 2.75) is 0 Å². The fourth-order valence-corrected chi connectivity index (χ4v) is 0.443. The summed E-state index contributed by atoms with van der Waals surface area (Å²) in [5, 5.41) is 0.590.